The van der Waals surface area contributed by atoms with Gasteiger partial charge in [0.15, 0.2) is 0 Å². The van der Waals surface area contributed by atoms with Gasteiger partial charge in [0.2, 0.25) is 11.8 Å². The second-order valence-electron chi connectivity index (χ2n) is 6.18. The summed E-state index contributed by atoms with van der Waals surface area (Å²) in [5.74, 6) is 0.331. The van der Waals surface area contributed by atoms with E-state index in [1.165, 1.54) is 0 Å². The highest BCUT2D eigenvalue weighted by Crippen LogP contribution is 2.21. The Kier molecular flexibility index (Phi) is 4.64. The molecule has 2 aromatic rings. The van der Waals surface area contributed by atoms with Crippen molar-refractivity contribution in [2.45, 2.75) is 33.4 Å². The molecule has 1 atom stereocenters. The molecule has 126 valence electrons. The van der Waals surface area contributed by atoms with Gasteiger partial charge < -0.3 is 14.7 Å². The van der Waals surface area contributed by atoms with Crippen LogP contribution in [0.4, 0.5) is 0 Å². The summed E-state index contributed by atoms with van der Waals surface area (Å²) in [7, 11) is 0. The summed E-state index contributed by atoms with van der Waals surface area (Å²) >= 11 is 0. The lowest BCUT2D eigenvalue weighted by Gasteiger charge is -2.16. The largest absolute Gasteiger partial charge is 0.361 e. The van der Waals surface area contributed by atoms with Gasteiger partial charge in [-0.25, -0.2) is 0 Å². The molecule has 1 aromatic carbocycles. The minimum atomic E-state index is -0.304. The van der Waals surface area contributed by atoms with E-state index in [2.05, 4.69) is 10.5 Å². The van der Waals surface area contributed by atoms with E-state index in [1.54, 1.807) is 4.90 Å². The first-order valence-corrected chi connectivity index (χ1v) is 8.05. The quantitative estimate of drug-likeness (QED) is 0.911. The second-order valence-corrected chi connectivity index (χ2v) is 6.18. The van der Waals surface area contributed by atoms with Crippen molar-refractivity contribution in [1.29, 1.82) is 0 Å². The summed E-state index contributed by atoms with van der Waals surface area (Å²) in [4.78, 5) is 26.3. The highest BCUT2D eigenvalue weighted by Gasteiger charge is 2.34. The zero-order valence-corrected chi connectivity index (χ0v) is 13.9. The lowest BCUT2D eigenvalue weighted by atomic mass is 10.1. The number of nitrogens with zero attached hydrogens (tertiary/aromatic N) is 2. The number of hydrogen-bond acceptors (Lipinski definition) is 4. The van der Waals surface area contributed by atoms with Gasteiger partial charge in [-0.2, -0.15) is 0 Å². The van der Waals surface area contributed by atoms with E-state index in [4.69, 9.17) is 4.52 Å². The Hall–Kier alpha value is -2.63. The minimum Gasteiger partial charge on any atom is -0.361 e. The first kappa shape index (κ1) is 16.2. The maximum absolute atomic E-state index is 12.4. The SMILES string of the molecule is Cc1noc(C)c1CNC(=O)[C@H]1CC(=O)N(Cc2ccccc2)C1. The lowest BCUT2D eigenvalue weighted by molar-refractivity contribution is -0.129. The summed E-state index contributed by atoms with van der Waals surface area (Å²) in [6.07, 6.45) is 0.264. The van der Waals surface area contributed by atoms with Crippen molar-refractivity contribution < 1.29 is 14.1 Å². The number of hydrogen-bond donors (Lipinski definition) is 1. The van der Waals surface area contributed by atoms with Gasteiger partial charge in [0.1, 0.15) is 5.76 Å². The highest BCUT2D eigenvalue weighted by atomic mass is 16.5. The first-order valence-electron chi connectivity index (χ1n) is 8.05. The van der Waals surface area contributed by atoms with Crippen LogP contribution in [-0.2, 0) is 22.7 Å². The molecule has 1 fully saturated rings. The topological polar surface area (TPSA) is 75.4 Å². The Morgan fingerprint density at radius 2 is 2.08 bits per heavy atom. The van der Waals surface area contributed by atoms with Crippen molar-refractivity contribution in [3.05, 3.63) is 52.9 Å². The molecular formula is C18H21N3O3. The third-order valence-corrected chi connectivity index (χ3v) is 4.42. The van der Waals surface area contributed by atoms with Crippen LogP contribution in [-0.4, -0.2) is 28.4 Å². The number of nitrogens with one attached hydrogen (secondary N) is 1. The Morgan fingerprint density at radius 1 is 1.33 bits per heavy atom. The van der Waals surface area contributed by atoms with E-state index >= 15 is 0 Å². The van der Waals surface area contributed by atoms with Crippen molar-refractivity contribution in [3.8, 4) is 0 Å². The molecule has 2 amide bonds. The first-order chi connectivity index (χ1) is 11.5. The predicted octanol–water partition coefficient (Wildman–Crippen LogP) is 1.96. The number of amides is 2. The van der Waals surface area contributed by atoms with Gasteiger partial charge in [-0.1, -0.05) is 35.5 Å². The Labute approximate surface area is 140 Å². The monoisotopic (exact) mass is 327 g/mol. The van der Waals surface area contributed by atoms with Gasteiger partial charge in [0.05, 0.1) is 11.6 Å². The van der Waals surface area contributed by atoms with Crippen LogP contribution in [0.15, 0.2) is 34.9 Å². The lowest BCUT2D eigenvalue weighted by Crippen LogP contribution is -2.32. The van der Waals surface area contributed by atoms with Crippen LogP contribution in [0.5, 0.6) is 0 Å². The van der Waals surface area contributed by atoms with Crippen LogP contribution in [0, 0.1) is 19.8 Å². The summed E-state index contributed by atoms with van der Waals surface area (Å²) in [6, 6.07) is 9.81. The maximum atomic E-state index is 12.4. The minimum absolute atomic E-state index is 0.0244. The molecule has 2 heterocycles. The second kappa shape index (κ2) is 6.86. The fraction of sp³-hybridized carbons (Fsp3) is 0.389. The predicted molar refractivity (Wildman–Crippen MR) is 87.8 cm³/mol. The standard InChI is InChI=1S/C18H21N3O3/c1-12-16(13(2)24-20-12)9-19-18(23)15-8-17(22)21(11-15)10-14-6-4-3-5-7-14/h3-7,15H,8-11H2,1-2H3,(H,19,23)/t15-/m0/s1. The molecule has 1 saturated heterocycles. The molecule has 1 aliphatic heterocycles. The Bertz CT molecular complexity index is 720. The molecule has 3 rings (SSSR count). The van der Waals surface area contributed by atoms with Crippen molar-refractivity contribution >= 4 is 11.8 Å². The molecule has 6 heteroatoms. The molecule has 0 saturated carbocycles. The normalized spacial score (nSPS) is 17.3. The average Bonchev–Trinajstić information content (AvgIpc) is 3.09. The highest BCUT2D eigenvalue weighted by molar-refractivity contribution is 5.89. The summed E-state index contributed by atoms with van der Waals surface area (Å²) < 4.78 is 5.09. The van der Waals surface area contributed by atoms with Crippen LogP contribution in [0.3, 0.4) is 0 Å². The third-order valence-electron chi connectivity index (χ3n) is 4.42. The smallest absolute Gasteiger partial charge is 0.225 e. The fourth-order valence-electron chi connectivity index (χ4n) is 2.98. The van der Waals surface area contributed by atoms with Gasteiger partial charge in [-0.15, -0.1) is 0 Å². The number of aryl methyl sites for hydroxylation is 2. The molecular weight excluding hydrogens is 306 g/mol. The van der Waals surface area contributed by atoms with E-state index in [1.807, 2.05) is 44.2 Å². The summed E-state index contributed by atoms with van der Waals surface area (Å²) in [5.41, 5.74) is 2.75. The van der Waals surface area contributed by atoms with E-state index in [0.29, 0.717) is 25.4 Å². The zero-order valence-electron chi connectivity index (χ0n) is 13.9. The number of carbonyl (C=O) groups is 2. The van der Waals surface area contributed by atoms with Crippen LogP contribution < -0.4 is 5.32 Å². The van der Waals surface area contributed by atoms with Crippen molar-refractivity contribution in [2.75, 3.05) is 6.54 Å². The molecule has 24 heavy (non-hydrogen) atoms. The van der Waals surface area contributed by atoms with E-state index in [9.17, 15) is 9.59 Å². The van der Waals surface area contributed by atoms with Crippen LogP contribution in [0.25, 0.3) is 0 Å². The van der Waals surface area contributed by atoms with Gasteiger partial charge >= 0.3 is 0 Å². The van der Waals surface area contributed by atoms with Gasteiger partial charge in [-0.3, -0.25) is 9.59 Å². The number of likely N-dealkylation sites (tertiary alicyclic amines) is 1. The van der Waals surface area contributed by atoms with E-state index in [0.717, 1.165) is 16.8 Å². The molecule has 0 aliphatic carbocycles. The van der Waals surface area contributed by atoms with Crippen LogP contribution in [0.2, 0.25) is 0 Å². The van der Waals surface area contributed by atoms with Crippen molar-refractivity contribution in [1.82, 2.24) is 15.4 Å². The van der Waals surface area contributed by atoms with Gasteiger partial charge in [-0.05, 0) is 19.4 Å². The van der Waals surface area contributed by atoms with E-state index in [-0.39, 0.29) is 24.2 Å². The summed E-state index contributed by atoms with van der Waals surface area (Å²) in [5, 5.41) is 6.77. The van der Waals surface area contributed by atoms with Crippen molar-refractivity contribution in [2.24, 2.45) is 5.92 Å². The zero-order chi connectivity index (χ0) is 17.1. The number of benzene rings is 1. The number of rotatable bonds is 5. The van der Waals surface area contributed by atoms with Crippen molar-refractivity contribution in [3.63, 3.8) is 0 Å². The number of carbonyl (C=O) groups excluding carboxylic acids is 2. The Balaban J connectivity index is 1.56. The molecule has 0 bridgehead atoms. The molecule has 1 aromatic heterocycles. The molecule has 0 spiro atoms. The average molecular weight is 327 g/mol. The molecule has 1 N–H and O–H groups in total. The molecule has 6 nitrogen and oxygen atoms in total. The van der Waals surface area contributed by atoms with Gasteiger partial charge in [0.25, 0.3) is 0 Å². The molecule has 0 unspecified atom stereocenters. The van der Waals surface area contributed by atoms with Gasteiger partial charge in [0, 0.05) is 31.6 Å². The third kappa shape index (κ3) is 3.48. The maximum Gasteiger partial charge on any atom is 0.225 e. The fourth-order valence-corrected chi connectivity index (χ4v) is 2.98. The van der Waals surface area contributed by atoms with E-state index < -0.39 is 0 Å². The van der Waals surface area contributed by atoms with Crippen LogP contribution >= 0.6 is 0 Å². The Morgan fingerprint density at radius 3 is 2.75 bits per heavy atom. The van der Waals surface area contributed by atoms with Crippen LogP contribution in [0.1, 0.15) is 29.0 Å². The molecule has 1 aliphatic rings. The number of aromatic nitrogens is 1. The summed E-state index contributed by atoms with van der Waals surface area (Å²) in [6.45, 7) is 5.05. The molecule has 0 radical (unpaired) electrons.